The number of aliphatic carboxylic acids is 1. The molecule has 2 N–H and O–H groups in total. The number of carboxylic acid groups (broad SMARTS) is 1. The number of carbonyl (C=O) groups is 1. The van der Waals surface area contributed by atoms with Crippen molar-refractivity contribution >= 4 is 17.6 Å². The normalized spacial score (nSPS) is 11.7. The smallest absolute Gasteiger partial charge is 0.387 e. The Kier molecular flexibility index (Phi) is 5.08. The lowest BCUT2D eigenvalue weighted by Crippen LogP contribution is -2.46. The first-order chi connectivity index (χ1) is 8.72. The Balaban J connectivity index is 2.87. The van der Waals surface area contributed by atoms with Gasteiger partial charge >= 0.3 is 12.6 Å². The van der Waals surface area contributed by atoms with Gasteiger partial charge in [0.15, 0.2) is 0 Å². The summed E-state index contributed by atoms with van der Waals surface area (Å²) in [7, 11) is 0. The maximum atomic E-state index is 12.2. The van der Waals surface area contributed by atoms with Crippen LogP contribution >= 0.6 is 11.6 Å². The van der Waals surface area contributed by atoms with Crippen LogP contribution in [0.5, 0.6) is 5.75 Å². The van der Waals surface area contributed by atoms with Gasteiger partial charge in [0, 0.05) is 17.1 Å². The summed E-state index contributed by atoms with van der Waals surface area (Å²) < 4.78 is 28.8. The van der Waals surface area contributed by atoms with Crippen LogP contribution in [0, 0.1) is 0 Å². The van der Waals surface area contributed by atoms with E-state index < -0.39 is 18.1 Å². The summed E-state index contributed by atoms with van der Waals surface area (Å²) in [5.41, 5.74) is -0.827. The molecule has 1 aromatic rings. The number of carboxylic acids is 1. The first-order valence-corrected chi connectivity index (χ1v) is 5.82. The number of hydrogen-bond donors (Lipinski definition) is 2. The molecule has 4 nitrogen and oxygen atoms in total. The van der Waals surface area contributed by atoms with Crippen LogP contribution in [0.2, 0.25) is 5.02 Å². The molecule has 0 atom stereocenters. The highest BCUT2D eigenvalue weighted by Gasteiger charge is 2.26. The van der Waals surface area contributed by atoms with Gasteiger partial charge in [-0.25, -0.2) is 0 Å². The van der Waals surface area contributed by atoms with Crippen molar-refractivity contribution in [3.8, 4) is 5.75 Å². The van der Waals surface area contributed by atoms with E-state index in [4.69, 9.17) is 16.7 Å². The van der Waals surface area contributed by atoms with E-state index in [9.17, 15) is 13.6 Å². The first-order valence-electron chi connectivity index (χ1n) is 5.44. The molecule has 1 aromatic carbocycles. The van der Waals surface area contributed by atoms with Gasteiger partial charge in [0.1, 0.15) is 11.3 Å². The van der Waals surface area contributed by atoms with Gasteiger partial charge in [-0.1, -0.05) is 11.6 Å². The van der Waals surface area contributed by atoms with Gasteiger partial charge in [-0.15, -0.1) is 0 Å². The van der Waals surface area contributed by atoms with Gasteiger partial charge in [-0.2, -0.15) is 8.78 Å². The molecule has 0 aliphatic rings. The summed E-state index contributed by atoms with van der Waals surface area (Å²) in [6.45, 7) is 0.0237. The second-order valence-electron chi connectivity index (χ2n) is 4.41. The van der Waals surface area contributed by atoms with Crippen molar-refractivity contribution < 1.29 is 23.4 Å². The molecule has 0 saturated carbocycles. The fraction of sp³-hybridized carbons (Fsp3) is 0.417. The number of nitrogens with one attached hydrogen (secondary N) is 1. The Morgan fingerprint density at radius 3 is 2.68 bits per heavy atom. The van der Waals surface area contributed by atoms with E-state index in [2.05, 4.69) is 10.1 Å². The standard InChI is InChI=1S/C12H14ClF2NO3/c1-12(2,10(17)18)16-6-7-5-8(13)3-4-9(7)19-11(14)15/h3-5,11,16H,6H2,1-2H3,(H,17,18). The molecule has 0 spiro atoms. The van der Waals surface area contributed by atoms with Crippen molar-refractivity contribution in [1.82, 2.24) is 5.32 Å². The summed E-state index contributed by atoms with van der Waals surface area (Å²) >= 11 is 5.78. The van der Waals surface area contributed by atoms with Gasteiger partial charge in [-0.05, 0) is 32.0 Å². The van der Waals surface area contributed by atoms with Crippen molar-refractivity contribution in [3.63, 3.8) is 0 Å². The summed E-state index contributed by atoms with van der Waals surface area (Å²) in [6.07, 6.45) is 0. The molecule has 0 amide bonds. The number of benzene rings is 1. The van der Waals surface area contributed by atoms with Crippen molar-refractivity contribution in [1.29, 1.82) is 0 Å². The fourth-order valence-electron chi connectivity index (χ4n) is 1.29. The monoisotopic (exact) mass is 293 g/mol. The van der Waals surface area contributed by atoms with Crippen LogP contribution in [-0.4, -0.2) is 23.2 Å². The molecular weight excluding hydrogens is 280 g/mol. The van der Waals surface area contributed by atoms with Crippen molar-refractivity contribution in [2.45, 2.75) is 32.5 Å². The zero-order valence-corrected chi connectivity index (χ0v) is 11.2. The van der Waals surface area contributed by atoms with Crippen molar-refractivity contribution in [3.05, 3.63) is 28.8 Å². The third-order valence-electron chi connectivity index (χ3n) is 2.49. The van der Waals surface area contributed by atoms with E-state index in [1.54, 1.807) is 0 Å². The third kappa shape index (κ3) is 4.65. The molecule has 0 radical (unpaired) electrons. The summed E-state index contributed by atoms with van der Waals surface area (Å²) in [6, 6.07) is 4.19. The van der Waals surface area contributed by atoms with E-state index in [1.165, 1.54) is 32.0 Å². The van der Waals surface area contributed by atoms with E-state index in [-0.39, 0.29) is 12.3 Å². The number of halogens is 3. The number of hydrogen-bond acceptors (Lipinski definition) is 3. The van der Waals surface area contributed by atoms with Crippen LogP contribution in [0.4, 0.5) is 8.78 Å². The van der Waals surface area contributed by atoms with Crippen LogP contribution in [0.25, 0.3) is 0 Å². The van der Waals surface area contributed by atoms with Crippen LogP contribution in [0.1, 0.15) is 19.4 Å². The second-order valence-corrected chi connectivity index (χ2v) is 4.85. The molecular formula is C12H14ClF2NO3. The Morgan fingerprint density at radius 1 is 1.53 bits per heavy atom. The zero-order chi connectivity index (χ0) is 14.6. The Morgan fingerprint density at radius 2 is 2.16 bits per heavy atom. The Hall–Kier alpha value is -1.40. The van der Waals surface area contributed by atoms with Crippen molar-refractivity contribution in [2.75, 3.05) is 0 Å². The topological polar surface area (TPSA) is 58.6 Å². The predicted octanol–water partition coefficient (Wildman–Crippen LogP) is 2.89. The molecule has 1 rings (SSSR count). The predicted molar refractivity (Wildman–Crippen MR) is 66.6 cm³/mol. The highest BCUT2D eigenvalue weighted by molar-refractivity contribution is 6.30. The van der Waals surface area contributed by atoms with E-state index in [1.807, 2.05) is 0 Å². The molecule has 0 aliphatic carbocycles. The maximum absolute atomic E-state index is 12.2. The summed E-state index contributed by atoms with van der Waals surface area (Å²) in [4.78, 5) is 10.9. The van der Waals surface area contributed by atoms with Crippen LogP contribution in [0.3, 0.4) is 0 Å². The number of alkyl halides is 2. The van der Waals surface area contributed by atoms with Gasteiger partial charge in [0.2, 0.25) is 0 Å². The lowest BCUT2D eigenvalue weighted by atomic mass is 10.1. The van der Waals surface area contributed by atoms with Crippen LogP contribution in [-0.2, 0) is 11.3 Å². The highest BCUT2D eigenvalue weighted by Crippen LogP contribution is 2.25. The maximum Gasteiger partial charge on any atom is 0.387 e. The highest BCUT2D eigenvalue weighted by atomic mass is 35.5. The minimum atomic E-state index is -2.95. The molecule has 0 aliphatic heterocycles. The molecule has 19 heavy (non-hydrogen) atoms. The van der Waals surface area contributed by atoms with E-state index in [0.29, 0.717) is 10.6 Å². The van der Waals surface area contributed by atoms with E-state index in [0.717, 1.165) is 0 Å². The lowest BCUT2D eigenvalue weighted by molar-refractivity contribution is -0.143. The average Bonchev–Trinajstić information content (AvgIpc) is 2.28. The molecule has 0 bridgehead atoms. The molecule has 0 saturated heterocycles. The Bertz CT molecular complexity index is 466. The zero-order valence-electron chi connectivity index (χ0n) is 10.4. The molecule has 0 unspecified atom stereocenters. The van der Waals surface area contributed by atoms with E-state index >= 15 is 0 Å². The number of ether oxygens (including phenoxy) is 1. The van der Waals surface area contributed by atoms with Crippen molar-refractivity contribution in [2.24, 2.45) is 0 Å². The molecule has 0 heterocycles. The molecule has 0 aromatic heterocycles. The second kappa shape index (κ2) is 6.16. The van der Waals surface area contributed by atoms with Gasteiger partial charge in [0.05, 0.1) is 0 Å². The van der Waals surface area contributed by atoms with Crippen LogP contribution < -0.4 is 10.1 Å². The van der Waals surface area contributed by atoms with Crippen LogP contribution in [0.15, 0.2) is 18.2 Å². The summed E-state index contributed by atoms with van der Waals surface area (Å²) in [5.74, 6) is -1.08. The molecule has 106 valence electrons. The minimum absolute atomic E-state index is 0.0342. The lowest BCUT2D eigenvalue weighted by Gasteiger charge is -2.22. The quantitative estimate of drug-likeness (QED) is 0.847. The molecule has 7 heteroatoms. The SMILES string of the molecule is CC(C)(NCc1cc(Cl)ccc1OC(F)F)C(=O)O. The minimum Gasteiger partial charge on any atom is -0.480 e. The van der Waals surface area contributed by atoms with Gasteiger partial charge < -0.3 is 9.84 Å². The average molecular weight is 294 g/mol. The Labute approximate surface area is 114 Å². The third-order valence-corrected chi connectivity index (χ3v) is 2.73. The molecule has 0 fully saturated rings. The number of rotatable bonds is 6. The van der Waals surface area contributed by atoms with Gasteiger partial charge in [-0.3, -0.25) is 10.1 Å². The summed E-state index contributed by atoms with van der Waals surface area (Å²) in [5, 5.41) is 12.0. The van der Waals surface area contributed by atoms with Gasteiger partial charge in [0.25, 0.3) is 0 Å². The first kappa shape index (κ1) is 15.7. The largest absolute Gasteiger partial charge is 0.480 e. The fourth-order valence-corrected chi connectivity index (χ4v) is 1.48.